The lowest BCUT2D eigenvalue weighted by Gasteiger charge is -2.09. The second-order valence-corrected chi connectivity index (χ2v) is 4.05. The predicted octanol–water partition coefficient (Wildman–Crippen LogP) is 3.71. The van der Waals surface area contributed by atoms with E-state index >= 15 is 0 Å². The first-order valence-electron chi connectivity index (χ1n) is 4.81. The summed E-state index contributed by atoms with van der Waals surface area (Å²) < 4.78 is 0. The first-order valence-corrected chi connectivity index (χ1v) is 5.19. The Morgan fingerprint density at radius 3 is 2.85 bits per heavy atom. The van der Waals surface area contributed by atoms with Crippen LogP contribution in [0.15, 0.2) is 18.5 Å². The van der Waals surface area contributed by atoms with Gasteiger partial charge >= 0.3 is 0 Å². The third kappa shape index (κ3) is 3.77. The summed E-state index contributed by atoms with van der Waals surface area (Å²) in [6.07, 6.45) is 7.18. The Morgan fingerprint density at radius 2 is 2.23 bits per heavy atom. The van der Waals surface area contributed by atoms with Gasteiger partial charge in [-0.2, -0.15) is 0 Å². The van der Waals surface area contributed by atoms with Crippen LogP contribution >= 0.6 is 11.6 Å². The Hall–Kier alpha value is -0.560. The quantitative estimate of drug-likeness (QED) is 0.717. The minimum Gasteiger partial charge on any atom is -0.263 e. The third-order valence-electron chi connectivity index (χ3n) is 2.13. The fourth-order valence-corrected chi connectivity index (χ4v) is 1.76. The Labute approximate surface area is 85.1 Å². The van der Waals surface area contributed by atoms with Gasteiger partial charge in [-0.15, -0.1) is 0 Å². The van der Waals surface area contributed by atoms with Crippen LogP contribution in [0.2, 0.25) is 5.02 Å². The molecule has 0 saturated carbocycles. The van der Waals surface area contributed by atoms with Crippen LogP contribution in [0.4, 0.5) is 0 Å². The summed E-state index contributed by atoms with van der Waals surface area (Å²) >= 11 is 5.84. The Bertz CT molecular complexity index is 260. The van der Waals surface area contributed by atoms with E-state index in [9.17, 15) is 0 Å². The largest absolute Gasteiger partial charge is 0.263 e. The SMILES string of the molecule is CCCC(C)Cc1cncc(Cl)c1. The molecule has 0 aliphatic heterocycles. The molecule has 1 aromatic rings. The van der Waals surface area contributed by atoms with Crippen molar-refractivity contribution in [1.29, 1.82) is 0 Å². The summed E-state index contributed by atoms with van der Waals surface area (Å²) in [6, 6.07) is 2.00. The zero-order valence-corrected chi connectivity index (χ0v) is 9.01. The van der Waals surface area contributed by atoms with E-state index in [1.165, 1.54) is 18.4 Å². The maximum Gasteiger partial charge on any atom is 0.0592 e. The van der Waals surface area contributed by atoms with Crippen LogP contribution in [-0.2, 0) is 6.42 Å². The maximum absolute atomic E-state index is 5.84. The highest BCUT2D eigenvalue weighted by Gasteiger charge is 2.02. The van der Waals surface area contributed by atoms with E-state index in [0.717, 1.165) is 17.4 Å². The molecule has 0 aliphatic rings. The topological polar surface area (TPSA) is 12.9 Å². The molecule has 0 saturated heterocycles. The molecular formula is C11H16ClN. The first kappa shape index (κ1) is 10.5. The van der Waals surface area contributed by atoms with Gasteiger partial charge in [0.05, 0.1) is 5.02 Å². The molecule has 1 heterocycles. The van der Waals surface area contributed by atoms with Gasteiger partial charge in [-0.25, -0.2) is 0 Å². The van der Waals surface area contributed by atoms with Crippen LogP contribution in [0.25, 0.3) is 0 Å². The van der Waals surface area contributed by atoms with Gasteiger partial charge in [-0.1, -0.05) is 38.3 Å². The highest BCUT2D eigenvalue weighted by molar-refractivity contribution is 6.30. The lowest BCUT2D eigenvalue weighted by molar-refractivity contribution is 0.522. The smallest absolute Gasteiger partial charge is 0.0592 e. The highest BCUT2D eigenvalue weighted by atomic mass is 35.5. The van der Waals surface area contributed by atoms with Gasteiger partial charge in [0.15, 0.2) is 0 Å². The van der Waals surface area contributed by atoms with E-state index in [-0.39, 0.29) is 0 Å². The fraction of sp³-hybridized carbons (Fsp3) is 0.545. The second-order valence-electron chi connectivity index (χ2n) is 3.61. The maximum atomic E-state index is 5.84. The molecule has 0 aliphatic carbocycles. The van der Waals surface area contributed by atoms with Crippen molar-refractivity contribution in [3.63, 3.8) is 0 Å². The minimum absolute atomic E-state index is 0.727. The number of halogens is 1. The first-order chi connectivity index (χ1) is 6.22. The molecule has 1 rings (SSSR count). The molecule has 1 unspecified atom stereocenters. The van der Waals surface area contributed by atoms with Crippen molar-refractivity contribution in [3.8, 4) is 0 Å². The van der Waals surface area contributed by atoms with E-state index < -0.39 is 0 Å². The Balaban J connectivity index is 2.53. The van der Waals surface area contributed by atoms with Crippen LogP contribution in [0.3, 0.4) is 0 Å². The van der Waals surface area contributed by atoms with E-state index in [0.29, 0.717) is 0 Å². The van der Waals surface area contributed by atoms with Crippen molar-refractivity contribution in [1.82, 2.24) is 4.98 Å². The van der Waals surface area contributed by atoms with Gasteiger partial charge in [0, 0.05) is 12.4 Å². The molecular weight excluding hydrogens is 182 g/mol. The summed E-state index contributed by atoms with van der Waals surface area (Å²) in [7, 11) is 0. The van der Waals surface area contributed by atoms with Crippen molar-refractivity contribution < 1.29 is 0 Å². The molecule has 0 radical (unpaired) electrons. The minimum atomic E-state index is 0.727. The molecule has 13 heavy (non-hydrogen) atoms. The van der Waals surface area contributed by atoms with Crippen molar-refractivity contribution in [2.24, 2.45) is 5.92 Å². The lowest BCUT2D eigenvalue weighted by Crippen LogP contribution is -1.99. The van der Waals surface area contributed by atoms with Gasteiger partial charge in [-0.3, -0.25) is 4.98 Å². The average Bonchev–Trinajstić information content (AvgIpc) is 2.04. The summed E-state index contributed by atoms with van der Waals surface area (Å²) in [4.78, 5) is 4.07. The molecule has 1 nitrogen and oxygen atoms in total. The van der Waals surface area contributed by atoms with Crippen molar-refractivity contribution in [3.05, 3.63) is 29.0 Å². The number of rotatable bonds is 4. The zero-order valence-electron chi connectivity index (χ0n) is 8.26. The van der Waals surface area contributed by atoms with Gasteiger partial charge in [0.25, 0.3) is 0 Å². The van der Waals surface area contributed by atoms with E-state index in [1.807, 2.05) is 12.3 Å². The Kier molecular flexibility index (Phi) is 4.23. The average molecular weight is 198 g/mol. The van der Waals surface area contributed by atoms with Crippen LogP contribution < -0.4 is 0 Å². The molecule has 2 heteroatoms. The molecule has 72 valence electrons. The molecule has 0 spiro atoms. The molecule has 1 aromatic heterocycles. The fourth-order valence-electron chi connectivity index (χ4n) is 1.56. The normalized spacial score (nSPS) is 12.8. The van der Waals surface area contributed by atoms with Crippen molar-refractivity contribution in [2.45, 2.75) is 33.1 Å². The van der Waals surface area contributed by atoms with Crippen LogP contribution in [-0.4, -0.2) is 4.98 Å². The summed E-state index contributed by atoms with van der Waals surface area (Å²) in [5, 5.41) is 0.737. The van der Waals surface area contributed by atoms with Crippen LogP contribution in [0, 0.1) is 5.92 Å². The van der Waals surface area contributed by atoms with Gasteiger partial charge in [0.1, 0.15) is 0 Å². The number of hydrogen-bond acceptors (Lipinski definition) is 1. The number of hydrogen-bond donors (Lipinski definition) is 0. The van der Waals surface area contributed by atoms with E-state index in [2.05, 4.69) is 18.8 Å². The van der Waals surface area contributed by atoms with Gasteiger partial charge in [-0.05, 0) is 24.0 Å². The van der Waals surface area contributed by atoms with Gasteiger partial charge in [0.2, 0.25) is 0 Å². The zero-order chi connectivity index (χ0) is 9.68. The molecule has 1 atom stereocenters. The third-order valence-corrected chi connectivity index (χ3v) is 2.33. The van der Waals surface area contributed by atoms with Crippen molar-refractivity contribution in [2.75, 3.05) is 0 Å². The van der Waals surface area contributed by atoms with Crippen LogP contribution in [0.1, 0.15) is 32.3 Å². The summed E-state index contributed by atoms with van der Waals surface area (Å²) in [5.74, 6) is 0.727. The standard InChI is InChI=1S/C11H16ClN/c1-3-4-9(2)5-10-6-11(12)8-13-7-10/h6-9H,3-5H2,1-2H3. The van der Waals surface area contributed by atoms with Gasteiger partial charge < -0.3 is 0 Å². The molecule has 0 fully saturated rings. The number of pyridine rings is 1. The number of nitrogens with zero attached hydrogens (tertiary/aromatic N) is 1. The van der Waals surface area contributed by atoms with Crippen molar-refractivity contribution >= 4 is 11.6 Å². The van der Waals surface area contributed by atoms with E-state index in [1.54, 1.807) is 6.20 Å². The van der Waals surface area contributed by atoms with E-state index in [4.69, 9.17) is 11.6 Å². The summed E-state index contributed by atoms with van der Waals surface area (Å²) in [5.41, 5.74) is 1.24. The number of aromatic nitrogens is 1. The molecule has 0 bridgehead atoms. The highest BCUT2D eigenvalue weighted by Crippen LogP contribution is 2.15. The summed E-state index contributed by atoms with van der Waals surface area (Å²) in [6.45, 7) is 4.48. The molecule has 0 amide bonds. The second kappa shape index (κ2) is 5.23. The predicted molar refractivity (Wildman–Crippen MR) is 57.0 cm³/mol. The molecule has 0 aromatic carbocycles. The van der Waals surface area contributed by atoms with Crippen LogP contribution in [0.5, 0.6) is 0 Å². The monoisotopic (exact) mass is 197 g/mol. The molecule has 0 N–H and O–H groups in total. The Morgan fingerprint density at radius 1 is 1.46 bits per heavy atom. The lowest BCUT2D eigenvalue weighted by atomic mass is 9.98.